The van der Waals surface area contributed by atoms with Crippen LogP contribution in [0.15, 0.2) is 23.2 Å². The van der Waals surface area contributed by atoms with Gasteiger partial charge in [0.15, 0.2) is 17.5 Å². The van der Waals surface area contributed by atoms with Gasteiger partial charge in [-0.15, -0.1) is 0 Å². The minimum absolute atomic E-state index is 0.298. The van der Waals surface area contributed by atoms with Crippen molar-refractivity contribution in [3.63, 3.8) is 0 Å². The Kier molecular flexibility index (Phi) is 7.33. The van der Waals surface area contributed by atoms with Crippen LogP contribution in [0.5, 0.6) is 11.5 Å². The number of methoxy groups -OCH3 is 1. The van der Waals surface area contributed by atoms with Crippen LogP contribution in [0.1, 0.15) is 37.7 Å². The SMILES string of the molecule is CN=C(NCc1cccc(OC)c1OC1CCCC1)N1CCC(N2CCOCC2)C1. The van der Waals surface area contributed by atoms with Crippen LogP contribution in [-0.4, -0.2) is 81.5 Å². The molecule has 7 heteroatoms. The van der Waals surface area contributed by atoms with E-state index in [4.69, 9.17) is 14.2 Å². The summed E-state index contributed by atoms with van der Waals surface area (Å²) in [6.07, 6.45) is 6.23. The van der Waals surface area contributed by atoms with E-state index in [1.807, 2.05) is 19.2 Å². The third-order valence-corrected chi connectivity index (χ3v) is 6.54. The molecule has 0 amide bonds. The molecule has 0 bridgehead atoms. The summed E-state index contributed by atoms with van der Waals surface area (Å²) in [7, 11) is 3.58. The van der Waals surface area contributed by atoms with Gasteiger partial charge in [0.25, 0.3) is 0 Å². The van der Waals surface area contributed by atoms with E-state index >= 15 is 0 Å². The van der Waals surface area contributed by atoms with E-state index in [1.165, 1.54) is 19.3 Å². The lowest BCUT2D eigenvalue weighted by atomic mass is 10.1. The van der Waals surface area contributed by atoms with Gasteiger partial charge in [-0.3, -0.25) is 9.89 Å². The van der Waals surface area contributed by atoms with Gasteiger partial charge >= 0.3 is 0 Å². The fourth-order valence-electron chi connectivity index (χ4n) is 4.85. The first-order valence-corrected chi connectivity index (χ1v) is 11.4. The lowest BCUT2D eigenvalue weighted by Gasteiger charge is -2.32. The quantitative estimate of drug-likeness (QED) is 0.568. The Bertz CT molecular complexity index is 714. The molecule has 2 saturated heterocycles. The maximum Gasteiger partial charge on any atom is 0.193 e. The largest absolute Gasteiger partial charge is 0.493 e. The number of likely N-dealkylation sites (tertiary alicyclic amines) is 1. The average Bonchev–Trinajstić information content (AvgIpc) is 3.48. The van der Waals surface area contributed by atoms with E-state index in [2.05, 4.69) is 26.2 Å². The van der Waals surface area contributed by atoms with Gasteiger partial charge in [-0.25, -0.2) is 0 Å². The molecule has 7 nitrogen and oxygen atoms in total. The molecule has 3 fully saturated rings. The first-order valence-electron chi connectivity index (χ1n) is 11.4. The third-order valence-electron chi connectivity index (χ3n) is 6.54. The number of morpholine rings is 1. The molecule has 0 radical (unpaired) electrons. The molecule has 2 heterocycles. The molecule has 2 aliphatic heterocycles. The zero-order chi connectivity index (χ0) is 20.8. The van der Waals surface area contributed by atoms with Crippen LogP contribution in [0.4, 0.5) is 0 Å². The molecule has 0 spiro atoms. The van der Waals surface area contributed by atoms with Crippen molar-refractivity contribution < 1.29 is 14.2 Å². The predicted molar refractivity (Wildman–Crippen MR) is 118 cm³/mol. The summed E-state index contributed by atoms with van der Waals surface area (Å²) >= 11 is 0. The Balaban J connectivity index is 1.38. The van der Waals surface area contributed by atoms with Crippen molar-refractivity contribution in [3.05, 3.63) is 23.8 Å². The summed E-state index contributed by atoms with van der Waals surface area (Å²) in [5.74, 6) is 2.65. The van der Waals surface area contributed by atoms with Crippen molar-refractivity contribution in [2.45, 2.75) is 50.8 Å². The average molecular weight is 417 g/mol. The lowest BCUT2D eigenvalue weighted by Crippen LogP contribution is -2.46. The number of hydrogen-bond acceptors (Lipinski definition) is 5. The van der Waals surface area contributed by atoms with Gasteiger partial charge in [-0.2, -0.15) is 0 Å². The number of nitrogens with zero attached hydrogens (tertiary/aromatic N) is 3. The molecule has 1 unspecified atom stereocenters. The molecule has 1 atom stereocenters. The van der Waals surface area contributed by atoms with Gasteiger partial charge in [0.05, 0.1) is 26.4 Å². The van der Waals surface area contributed by atoms with Crippen molar-refractivity contribution in [1.29, 1.82) is 0 Å². The zero-order valence-corrected chi connectivity index (χ0v) is 18.4. The normalized spacial score (nSPS) is 23.7. The number of rotatable bonds is 6. The Morgan fingerprint density at radius 1 is 1.17 bits per heavy atom. The fourth-order valence-corrected chi connectivity index (χ4v) is 4.85. The van der Waals surface area contributed by atoms with E-state index in [-0.39, 0.29) is 0 Å². The van der Waals surface area contributed by atoms with Crippen LogP contribution in [0, 0.1) is 0 Å². The highest BCUT2D eigenvalue weighted by Gasteiger charge is 2.30. The lowest BCUT2D eigenvalue weighted by molar-refractivity contribution is 0.0195. The monoisotopic (exact) mass is 416 g/mol. The highest BCUT2D eigenvalue weighted by atomic mass is 16.5. The van der Waals surface area contributed by atoms with Gasteiger partial charge in [0.1, 0.15) is 0 Å². The van der Waals surface area contributed by atoms with Crippen molar-refractivity contribution in [2.75, 3.05) is 53.6 Å². The molecule has 3 aliphatic rings. The number of para-hydroxylation sites is 1. The van der Waals surface area contributed by atoms with E-state index in [9.17, 15) is 0 Å². The van der Waals surface area contributed by atoms with Gasteiger partial charge in [0, 0.05) is 51.4 Å². The second kappa shape index (κ2) is 10.4. The van der Waals surface area contributed by atoms with E-state index in [0.717, 1.165) is 75.3 Å². The van der Waals surface area contributed by atoms with Crippen molar-refractivity contribution in [3.8, 4) is 11.5 Å². The summed E-state index contributed by atoms with van der Waals surface area (Å²) in [5, 5.41) is 3.56. The van der Waals surface area contributed by atoms with E-state index in [0.29, 0.717) is 18.7 Å². The maximum atomic E-state index is 6.38. The number of benzene rings is 1. The molecule has 1 aromatic carbocycles. The second-order valence-electron chi connectivity index (χ2n) is 8.41. The molecule has 0 aromatic heterocycles. The third kappa shape index (κ3) is 5.01. The Hall–Kier alpha value is -1.99. The van der Waals surface area contributed by atoms with Crippen LogP contribution < -0.4 is 14.8 Å². The van der Waals surface area contributed by atoms with Gasteiger partial charge in [-0.1, -0.05) is 12.1 Å². The summed E-state index contributed by atoms with van der Waals surface area (Å²) in [6, 6.07) is 6.72. The van der Waals surface area contributed by atoms with Crippen LogP contribution in [-0.2, 0) is 11.3 Å². The molecular weight excluding hydrogens is 380 g/mol. The van der Waals surface area contributed by atoms with Gasteiger partial charge in [0.2, 0.25) is 0 Å². The maximum absolute atomic E-state index is 6.38. The summed E-state index contributed by atoms with van der Waals surface area (Å²) < 4.78 is 17.5. The first kappa shape index (κ1) is 21.2. The molecule has 166 valence electrons. The standard InChI is InChI=1S/C23H36N4O3/c1-24-23(27-11-10-19(17-27)26-12-14-29-15-13-26)25-16-18-6-5-9-21(28-2)22(18)30-20-7-3-4-8-20/h5-6,9,19-20H,3-4,7-8,10-17H2,1-2H3,(H,24,25). The van der Waals surface area contributed by atoms with E-state index < -0.39 is 0 Å². The Morgan fingerprint density at radius 3 is 2.70 bits per heavy atom. The molecule has 1 aromatic rings. The smallest absolute Gasteiger partial charge is 0.193 e. The fraction of sp³-hybridized carbons (Fsp3) is 0.696. The molecule has 4 rings (SSSR count). The predicted octanol–water partition coefficient (Wildman–Crippen LogP) is 2.50. The summed E-state index contributed by atoms with van der Waals surface area (Å²) in [6.45, 7) is 6.50. The van der Waals surface area contributed by atoms with Crippen molar-refractivity contribution in [1.82, 2.24) is 15.1 Å². The molecule has 30 heavy (non-hydrogen) atoms. The Labute approximate surface area is 180 Å². The van der Waals surface area contributed by atoms with Gasteiger partial charge < -0.3 is 24.4 Å². The van der Waals surface area contributed by atoms with Crippen molar-refractivity contribution in [2.24, 2.45) is 4.99 Å². The van der Waals surface area contributed by atoms with Gasteiger partial charge in [-0.05, 0) is 38.2 Å². The number of guanidine groups is 1. The van der Waals surface area contributed by atoms with Crippen LogP contribution in [0.25, 0.3) is 0 Å². The summed E-state index contributed by atoms with van der Waals surface area (Å²) in [4.78, 5) is 9.49. The van der Waals surface area contributed by atoms with E-state index in [1.54, 1.807) is 7.11 Å². The molecule has 1 aliphatic carbocycles. The minimum atomic E-state index is 0.298. The Morgan fingerprint density at radius 2 is 1.97 bits per heavy atom. The summed E-state index contributed by atoms with van der Waals surface area (Å²) in [5.41, 5.74) is 1.12. The molecule has 1 N–H and O–H groups in total. The second-order valence-corrected chi connectivity index (χ2v) is 8.41. The van der Waals surface area contributed by atoms with Crippen LogP contribution in [0.2, 0.25) is 0 Å². The molecule has 1 saturated carbocycles. The number of ether oxygens (including phenoxy) is 3. The first-order chi connectivity index (χ1) is 14.8. The topological polar surface area (TPSA) is 58.6 Å². The zero-order valence-electron chi connectivity index (χ0n) is 18.4. The van der Waals surface area contributed by atoms with Crippen LogP contribution >= 0.6 is 0 Å². The highest BCUT2D eigenvalue weighted by Crippen LogP contribution is 2.34. The van der Waals surface area contributed by atoms with Crippen molar-refractivity contribution >= 4 is 5.96 Å². The molecular formula is C23H36N4O3. The number of aliphatic imine (C=N–C) groups is 1. The van der Waals surface area contributed by atoms with Crippen LogP contribution in [0.3, 0.4) is 0 Å². The number of hydrogen-bond donors (Lipinski definition) is 1. The minimum Gasteiger partial charge on any atom is -0.493 e. The highest BCUT2D eigenvalue weighted by molar-refractivity contribution is 5.80. The number of nitrogens with one attached hydrogen (secondary N) is 1.